The molecule has 0 aliphatic carbocycles. The molecule has 0 aromatic carbocycles. The number of carbonyl (C=O) groups is 1. The van der Waals surface area contributed by atoms with Crippen LogP contribution in [0.1, 0.15) is 40.5 Å². The summed E-state index contributed by atoms with van der Waals surface area (Å²) in [6.07, 6.45) is 1.93. The molecule has 1 aliphatic heterocycles. The minimum absolute atomic E-state index is 0.0142. The number of aliphatic hydroxyl groups is 1. The first kappa shape index (κ1) is 12.5. The number of hydrogen-bond donors (Lipinski definition) is 3. The van der Waals surface area contributed by atoms with Gasteiger partial charge in [0, 0.05) is 0 Å². The van der Waals surface area contributed by atoms with Crippen molar-refractivity contribution in [2.45, 2.75) is 57.7 Å². The van der Waals surface area contributed by atoms with Crippen LogP contribution in [0.3, 0.4) is 0 Å². The van der Waals surface area contributed by atoms with Gasteiger partial charge in [-0.1, -0.05) is 0 Å². The van der Waals surface area contributed by atoms with Gasteiger partial charge in [0.1, 0.15) is 0 Å². The van der Waals surface area contributed by atoms with E-state index in [2.05, 4.69) is 10.6 Å². The summed E-state index contributed by atoms with van der Waals surface area (Å²) in [4.78, 5) is 11.8. The van der Waals surface area contributed by atoms with Gasteiger partial charge < -0.3 is 15.7 Å². The largest absolute Gasteiger partial charge is 0.388 e. The third-order valence-corrected chi connectivity index (χ3v) is 3.34. The second-order valence-electron chi connectivity index (χ2n) is 5.32. The smallest absolute Gasteiger partial charge is 0.237 e. The van der Waals surface area contributed by atoms with Gasteiger partial charge in [0.15, 0.2) is 0 Å². The van der Waals surface area contributed by atoms with E-state index < -0.39 is 11.1 Å². The van der Waals surface area contributed by atoms with Gasteiger partial charge in [-0.2, -0.15) is 0 Å². The molecule has 1 rings (SSSR count). The number of rotatable bonds is 3. The quantitative estimate of drug-likeness (QED) is 0.637. The minimum Gasteiger partial charge on any atom is -0.388 e. The van der Waals surface area contributed by atoms with Crippen molar-refractivity contribution in [1.82, 2.24) is 10.6 Å². The van der Waals surface area contributed by atoms with Crippen LogP contribution in [0.5, 0.6) is 0 Å². The second-order valence-corrected chi connectivity index (χ2v) is 5.32. The topological polar surface area (TPSA) is 61.4 Å². The van der Waals surface area contributed by atoms with Crippen LogP contribution >= 0.6 is 0 Å². The SMILES string of the molecule is CC(C)(O)C(C)(C)NC(=O)[C@H]1CCCN1. The summed E-state index contributed by atoms with van der Waals surface area (Å²) in [5.74, 6) is -0.0142. The zero-order valence-corrected chi connectivity index (χ0v) is 10.1. The van der Waals surface area contributed by atoms with Crippen molar-refractivity contribution in [2.24, 2.45) is 0 Å². The van der Waals surface area contributed by atoms with E-state index in [1.807, 2.05) is 13.8 Å². The summed E-state index contributed by atoms with van der Waals surface area (Å²) in [6, 6.07) is -0.0911. The Morgan fingerprint density at radius 1 is 1.40 bits per heavy atom. The molecule has 4 nitrogen and oxygen atoms in total. The Bertz CT molecular complexity index is 237. The van der Waals surface area contributed by atoms with Crippen molar-refractivity contribution in [3.63, 3.8) is 0 Å². The van der Waals surface area contributed by atoms with Crippen LogP contribution in [0.4, 0.5) is 0 Å². The summed E-state index contributed by atoms with van der Waals surface area (Å²) >= 11 is 0. The van der Waals surface area contributed by atoms with Crippen molar-refractivity contribution >= 4 is 5.91 Å². The highest BCUT2D eigenvalue weighted by Crippen LogP contribution is 2.21. The molecule has 3 N–H and O–H groups in total. The summed E-state index contributed by atoms with van der Waals surface area (Å²) in [7, 11) is 0. The summed E-state index contributed by atoms with van der Waals surface area (Å²) in [5.41, 5.74) is -1.55. The lowest BCUT2D eigenvalue weighted by Crippen LogP contribution is -2.60. The molecule has 15 heavy (non-hydrogen) atoms. The number of nitrogens with one attached hydrogen (secondary N) is 2. The van der Waals surface area contributed by atoms with E-state index in [1.54, 1.807) is 13.8 Å². The van der Waals surface area contributed by atoms with Crippen LogP contribution in [0.25, 0.3) is 0 Å². The molecule has 1 heterocycles. The standard InChI is InChI=1S/C11H22N2O2/c1-10(2,11(3,4)15)13-9(14)8-6-5-7-12-8/h8,12,15H,5-7H2,1-4H3,(H,13,14)/t8-/m1/s1. The van der Waals surface area contributed by atoms with Crippen molar-refractivity contribution in [1.29, 1.82) is 0 Å². The molecule has 1 aliphatic rings. The average molecular weight is 214 g/mol. The minimum atomic E-state index is -0.929. The fourth-order valence-corrected chi connectivity index (χ4v) is 1.46. The molecule has 1 fully saturated rings. The van der Waals surface area contributed by atoms with Gasteiger partial charge in [-0.25, -0.2) is 0 Å². The zero-order valence-electron chi connectivity index (χ0n) is 10.1. The number of carbonyl (C=O) groups excluding carboxylic acids is 1. The Labute approximate surface area is 91.4 Å². The van der Waals surface area contributed by atoms with Gasteiger partial charge in [-0.05, 0) is 47.1 Å². The zero-order chi connectivity index (χ0) is 11.7. The second kappa shape index (κ2) is 4.10. The summed E-state index contributed by atoms with van der Waals surface area (Å²) in [5, 5.41) is 15.9. The van der Waals surface area contributed by atoms with Crippen molar-refractivity contribution in [2.75, 3.05) is 6.54 Å². The maximum absolute atomic E-state index is 11.8. The Morgan fingerprint density at radius 3 is 2.40 bits per heavy atom. The third kappa shape index (κ3) is 2.92. The Morgan fingerprint density at radius 2 is 2.00 bits per heavy atom. The lowest BCUT2D eigenvalue weighted by atomic mass is 9.85. The van der Waals surface area contributed by atoms with E-state index in [4.69, 9.17) is 0 Å². The molecule has 4 heteroatoms. The highest BCUT2D eigenvalue weighted by Gasteiger charge is 2.38. The predicted molar refractivity (Wildman–Crippen MR) is 59.5 cm³/mol. The molecular weight excluding hydrogens is 192 g/mol. The molecule has 0 bridgehead atoms. The molecule has 0 saturated carbocycles. The fourth-order valence-electron chi connectivity index (χ4n) is 1.46. The van der Waals surface area contributed by atoms with E-state index in [1.165, 1.54) is 0 Å². The predicted octanol–water partition coefficient (Wildman–Crippen LogP) is 0.404. The van der Waals surface area contributed by atoms with Crippen LogP contribution in [0.15, 0.2) is 0 Å². The molecule has 0 unspecified atom stereocenters. The first-order valence-corrected chi connectivity index (χ1v) is 5.52. The number of hydrogen-bond acceptors (Lipinski definition) is 3. The molecule has 0 spiro atoms. The summed E-state index contributed by atoms with van der Waals surface area (Å²) < 4.78 is 0. The maximum atomic E-state index is 11.8. The highest BCUT2D eigenvalue weighted by atomic mass is 16.3. The van der Waals surface area contributed by atoms with Gasteiger partial charge in [-0.15, -0.1) is 0 Å². The fraction of sp³-hybridized carbons (Fsp3) is 0.909. The van der Waals surface area contributed by atoms with Gasteiger partial charge in [0.05, 0.1) is 17.2 Å². The van der Waals surface area contributed by atoms with Gasteiger partial charge in [0.2, 0.25) is 5.91 Å². The monoisotopic (exact) mass is 214 g/mol. The Hall–Kier alpha value is -0.610. The lowest BCUT2D eigenvalue weighted by molar-refractivity contribution is -0.127. The molecule has 0 aromatic rings. The molecule has 88 valence electrons. The highest BCUT2D eigenvalue weighted by molar-refractivity contribution is 5.82. The number of amides is 1. The molecule has 0 aromatic heterocycles. The van der Waals surface area contributed by atoms with Gasteiger partial charge in [-0.3, -0.25) is 4.79 Å². The van der Waals surface area contributed by atoms with E-state index in [0.717, 1.165) is 19.4 Å². The van der Waals surface area contributed by atoms with Crippen molar-refractivity contribution in [3.05, 3.63) is 0 Å². The first-order chi connectivity index (χ1) is 6.74. The Kier molecular flexibility index (Phi) is 3.41. The normalized spacial score (nSPS) is 22.9. The molecular formula is C11H22N2O2. The van der Waals surface area contributed by atoms with Crippen LogP contribution in [0, 0.1) is 0 Å². The van der Waals surface area contributed by atoms with E-state index >= 15 is 0 Å². The van der Waals surface area contributed by atoms with Crippen molar-refractivity contribution < 1.29 is 9.90 Å². The first-order valence-electron chi connectivity index (χ1n) is 5.52. The van der Waals surface area contributed by atoms with Crippen LogP contribution in [0.2, 0.25) is 0 Å². The molecule has 1 atom stereocenters. The maximum Gasteiger partial charge on any atom is 0.237 e. The summed E-state index contributed by atoms with van der Waals surface area (Å²) in [6.45, 7) is 7.98. The molecule has 1 saturated heterocycles. The third-order valence-electron chi connectivity index (χ3n) is 3.34. The molecule has 1 amide bonds. The Balaban J connectivity index is 2.57. The van der Waals surface area contributed by atoms with Gasteiger partial charge in [0.25, 0.3) is 0 Å². The van der Waals surface area contributed by atoms with Gasteiger partial charge >= 0.3 is 0 Å². The van der Waals surface area contributed by atoms with Crippen LogP contribution < -0.4 is 10.6 Å². The van der Waals surface area contributed by atoms with Crippen LogP contribution in [-0.2, 0) is 4.79 Å². The van der Waals surface area contributed by atoms with E-state index in [0.29, 0.717) is 0 Å². The van der Waals surface area contributed by atoms with E-state index in [-0.39, 0.29) is 11.9 Å². The van der Waals surface area contributed by atoms with Crippen LogP contribution in [-0.4, -0.2) is 34.7 Å². The lowest BCUT2D eigenvalue weighted by Gasteiger charge is -2.38. The molecule has 0 radical (unpaired) electrons. The van der Waals surface area contributed by atoms with E-state index in [9.17, 15) is 9.90 Å². The van der Waals surface area contributed by atoms with Crippen molar-refractivity contribution in [3.8, 4) is 0 Å². The average Bonchev–Trinajstić information content (AvgIpc) is 2.51.